The predicted molar refractivity (Wildman–Crippen MR) is 75.1 cm³/mol. The Hall–Kier alpha value is -2.02. The lowest BCUT2D eigenvalue weighted by atomic mass is 10.2. The van der Waals surface area contributed by atoms with Gasteiger partial charge in [-0.2, -0.15) is 5.10 Å². The molecule has 0 aromatic carbocycles. The van der Waals surface area contributed by atoms with Crippen LogP contribution >= 0.6 is 11.3 Å². The van der Waals surface area contributed by atoms with Gasteiger partial charge in [-0.15, -0.1) is 11.3 Å². The van der Waals surface area contributed by atoms with E-state index in [2.05, 4.69) is 32.3 Å². The van der Waals surface area contributed by atoms with Gasteiger partial charge in [-0.05, 0) is 6.42 Å². The zero-order chi connectivity index (χ0) is 13.2. The number of rotatable bonds is 4. The third kappa shape index (κ3) is 2.17. The summed E-state index contributed by atoms with van der Waals surface area (Å²) in [5.41, 5.74) is 0.825. The highest BCUT2D eigenvalue weighted by atomic mass is 32.1. The lowest BCUT2D eigenvalue weighted by Crippen LogP contribution is -2.11. The van der Waals surface area contributed by atoms with Gasteiger partial charge in [-0.25, -0.2) is 15.0 Å². The average molecular weight is 274 g/mol. The van der Waals surface area contributed by atoms with Gasteiger partial charge in [0, 0.05) is 18.6 Å². The van der Waals surface area contributed by atoms with E-state index in [1.165, 1.54) is 0 Å². The van der Waals surface area contributed by atoms with Crippen LogP contribution < -0.4 is 5.32 Å². The first kappa shape index (κ1) is 12.0. The van der Waals surface area contributed by atoms with E-state index in [4.69, 9.17) is 0 Å². The molecule has 3 aromatic rings. The highest BCUT2D eigenvalue weighted by Gasteiger charge is 2.15. The molecule has 0 aliphatic carbocycles. The van der Waals surface area contributed by atoms with E-state index in [-0.39, 0.29) is 6.04 Å². The Kier molecular flexibility index (Phi) is 3.12. The van der Waals surface area contributed by atoms with Crippen molar-refractivity contribution in [1.82, 2.24) is 24.7 Å². The molecule has 0 bridgehead atoms. The molecule has 3 heterocycles. The topological polar surface area (TPSA) is 68.5 Å². The van der Waals surface area contributed by atoms with E-state index in [1.807, 2.05) is 18.6 Å². The van der Waals surface area contributed by atoms with E-state index >= 15 is 0 Å². The van der Waals surface area contributed by atoms with Gasteiger partial charge >= 0.3 is 0 Å². The Bertz CT molecular complexity index is 675. The van der Waals surface area contributed by atoms with Crippen LogP contribution in [0.4, 0.5) is 5.82 Å². The van der Waals surface area contributed by atoms with E-state index in [0.717, 1.165) is 28.3 Å². The highest BCUT2D eigenvalue weighted by Crippen LogP contribution is 2.26. The number of thiazole rings is 1. The van der Waals surface area contributed by atoms with Gasteiger partial charge in [0.05, 0.1) is 17.6 Å². The molecule has 0 aliphatic heterocycles. The van der Waals surface area contributed by atoms with Crippen molar-refractivity contribution in [2.45, 2.75) is 19.4 Å². The number of nitrogens with one attached hydrogen (secondary N) is 1. The van der Waals surface area contributed by atoms with Crippen LogP contribution in [0, 0.1) is 0 Å². The second kappa shape index (κ2) is 4.93. The summed E-state index contributed by atoms with van der Waals surface area (Å²) in [5.74, 6) is 0.806. The molecule has 0 radical (unpaired) electrons. The monoisotopic (exact) mass is 274 g/mol. The van der Waals surface area contributed by atoms with Gasteiger partial charge in [-0.3, -0.25) is 4.68 Å². The maximum Gasteiger partial charge on any atom is 0.163 e. The number of nitrogens with zero attached hydrogens (tertiary/aromatic N) is 5. The van der Waals surface area contributed by atoms with Crippen LogP contribution in [-0.2, 0) is 7.05 Å². The quantitative estimate of drug-likeness (QED) is 0.791. The maximum absolute atomic E-state index is 4.36. The Labute approximate surface area is 114 Å². The van der Waals surface area contributed by atoms with Crippen LogP contribution in [0.3, 0.4) is 0 Å². The SMILES string of the molecule is CCC(Nc1ncnc2c1cnn2C)c1nccs1. The molecular weight excluding hydrogens is 260 g/mol. The lowest BCUT2D eigenvalue weighted by Gasteiger charge is -2.15. The first-order chi connectivity index (χ1) is 9.29. The van der Waals surface area contributed by atoms with Gasteiger partial charge in [0.25, 0.3) is 0 Å². The summed E-state index contributed by atoms with van der Waals surface area (Å²) in [4.78, 5) is 12.9. The summed E-state index contributed by atoms with van der Waals surface area (Å²) in [6, 6.07) is 0.165. The summed E-state index contributed by atoms with van der Waals surface area (Å²) in [5, 5.41) is 11.6. The van der Waals surface area contributed by atoms with Crippen molar-refractivity contribution in [2.24, 2.45) is 7.05 Å². The van der Waals surface area contributed by atoms with Crippen molar-refractivity contribution < 1.29 is 0 Å². The second-order valence-electron chi connectivity index (χ2n) is 4.20. The van der Waals surface area contributed by atoms with Crippen molar-refractivity contribution in [1.29, 1.82) is 0 Å². The smallest absolute Gasteiger partial charge is 0.163 e. The summed E-state index contributed by atoms with van der Waals surface area (Å²) in [6.07, 6.45) is 6.11. The Morgan fingerprint density at radius 1 is 1.37 bits per heavy atom. The Morgan fingerprint density at radius 3 is 3.00 bits per heavy atom. The predicted octanol–water partition coefficient (Wildman–Crippen LogP) is 2.38. The minimum atomic E-state index is 0.165. The number of aryl methyl sites for hydroxylation is 1. The third-order valence-corrected chi connectivity index (χ3v) is 3.89. The molecule has 7 heteroatoms. The summed E-state index contributed by atoms with van der Waals surface area (Å²) in [6.45, 7) is 2.13. The van der Waals surface area contributed by atoms with Crippen molar-refractivity contribution >= 4 is 28.2 Å². The summed E-state index contributed by atoms with van der Waals surface area (Å²) >= 11 is 1.65. The molecule has 1 atom stereocenters. The van der Waals surface area contributed by atoms with E-state index < -0.39 is 0 Å². The van der Waals surface area contributed by atoms with Gasteiger partial charge in [0.1, 0.15) is 17.2 Å². The van der Waals surface area contributed by atoms with Crippen LogP contribution in [0.15, 0.2) is 24.1 Å². The molecule has 1 unspecified atom stereocenters. The fraction of sp³-hybridized carbons (Fsp3) is 0.333. The van der Waals surface area contributed by atoms with Crippen LogP contribution in [0.25, 0.3) is 11.0 Å². The van der Waals surface area contributed by atoms with Gasteiger partial charge in [-0.1, -0.05) is 6.92 Å². The normalized spacial score (nSPS) is 12.7. The maximum atomic E-state index is 4.36. The van der Waals surface area contributed by atoms with E-state index in [1.54, 1.807) is 28.5 Å². The average Bonchev–Trinajstić information content (AvgIpc) is 3.07. The first-order valence-electron chi connectivity index (χ1n) is 6.08. The molecule has 98 valence electrons. The molecule has 0 aliphatic rings. The minimum Gasteiger partial charge on any atom is -0.360 e. The van der Waals surface area contributed by atoms with E-state index in [0.29, 0.717) is 0 Å². The molecule has 0 spiro atoms. The second-order valence-corrected chi connectivity index (χ2v) is 5.13. The fourth-order valence-electron chi connectivity index (χ4n) is 1.99. The zero-order valence-corrected chi connectivity index (χ0v) is 11.6. The number of fused-ring (bicyclic) bond motifs is 1. The standard InChI is InChI=1S/C12H14N6S/c1-3-9(12-13-4-5-19-12)17-10-8-6-16-18(2)11(8)15-7-14-10/h4-7,9H,3H2,1-2H3,(H,14,15,17). The van der Waals surface area contributed by atoms with Gasteiger partial charge in [0.15, 0.2) is 5.65 Å². The van der Waals surface area contributed by atoms with Crippen molar-refractivity contribution in [2.75, 3.05) is 5.32 Å². The molecule has 3 aromatic heterocycles. The largest absolute Gasteiger partial charge is 0.360 e. The molecule has 6 nitrogen and oxygen atoms in total. The molecule has 0 saturated carbocycles. The van der Waals surface area contributed by atoms with Gasteiger partial charge < -0.3 is 5.32 Å². The van der Waals surface area contributed by atoms with Crippen molar-refractivity contribution in [3.63, 3.8) is 0 Å². The highest BCUT2D eigenvalue weighted by molar-refractivity contribution is 7.09. The number of aromatic nitrogens is 5. The number of anilines is 1. The zero-order valence-electron chi connectivity index (χ0n) is 10.7. The number of hydrogen-bond donors (Lipinski definition) is 1. The Balaban J connectivity index is 1.96. The molecule has 0 amide bonds. The summed E-state index contributed by atoms with van der Waals surface area (Å²) < 4.78 is 1.74. The molecule has 1 N–H and O–H groups in total. The molecule has 19 heavy (non-hydrogen) atoms. The Morgan fingerprint density at radius 2 is 2.26 bits per heavy atom. The molecular formula is C12H14N6S. The fourth-order valence-corrected chi connectivity index (χ4v) is 2.76. The van der Waals surface area contributed by atoms with Crippen molar-refractivity contribution in [3.8, 4) is 0 Å². The molecule has 0 saturated heterocycles. The van der Waals surface area contributed by atoms with Crippen molar-refractivity contribution in [3.05, 3.63) is 29.1 Å². The number of hydrogen-bond acceptors (Lipinski definition) is 6. The molecule has 3 rings (SSSR count). The lowest BCUT2D eigenvalue weighted by molar-refractivity contribution is 0.738. The van der Waals surface area contributed by atoms with Crippen LogP contribution in [0.5, 0.6) is 0 Å². The van der Waals surface area contributed by atoms with Crippen LogP contribution in [0.2, 0.25) is 0 Å². The summed E-state index contributed by atoms with van der Waals surface area (Å²) in [7, 11) is 1.87. The van der Waals surface area contributed by atoms with Crippen LogP contribution in [-0.4, -0.2) is 24.7 Å². The molecule has 0 fully saturated rings. The minimum absolute atomic E-state index is 0.165. The third-order valence-electron chi connectivity index (χ3n) is 3.00. The van der Waals surface area contributed by atoms with Gasteiger partial charge in [0.2, 0.25) is 0 Å². The van der Waals surface area contributed by atoms with Crippen LogP contribution in [0.1, 0.15) is 24.4 Å². The first-order valence-corrected chi connectivity index (χ1v) is 6.96. The van der Waals surface area contributed by atoms with E-state index in [9.17, 15) is 0 Å².